The minimum atomic E-state index is -4.45. The Morgan fingerprint density at radius 1 is 0.952 bits per heavy atom. The molecule has 2 N–H and O–H groups in total. The smallest absolute Gasteiger partial charge is 0.368 e. The second-order valence-electron chi connectivity index (χ2n) is 4.38. The van der Waals surface area contributed by atoms with Crippen LogP contribution in [0, 0.1) is 0 Å². The van der Waals surface area contributed by atoms with Crippen LogP contribution in [0.5, 0.6) is 0 Å². The van der Waals surface area contributed by atoms with Crippen molar-refractivity contribution in [2.75, 3.05) is 5.73 Å². The summed E-state index contributed by atoms with van der Waals surface area (Å²) in [6, 6.07) is 8.39. The van der Waals surface area contributed by atoms with E-state index in [-0.39, 0.29) is 22.9 Å². The predicted octanol–water partition coefficient (Wildman–Crippen LogP) is 3.29. The lowest BCUT2D eigenvalue weighted by atomic mass is 10.0. The Morgan fingerprint density at radius 2 is 1.71 bits per heavy atom. The predicted molar refractivity (Wildman–Crippen MR) is 72.2 cm³/mol. The van der Waals surface area contributed by atoms with Gasteiger partial charge >= 0.3 is 6.18 Å². The zero-order chi connectivity index (χ0) is 15.0. The van der Waals surface area contributed by atoms with E-state index >= 15 is 0 Å². The van der Waals surface area contributed by atoms with Gasteiger partial charge in [0, 0.05) is 17.1 Å². The molecule has 0 aliphatic carbocycles. The van der Waals surface area contributed by atoms with E-state index in [1.165, 1.54) is 30.5 Å². The maximum Gasteiger partial charge on any atom is 0.417 e. The summed E-state index contributed by atoms with van der Waals surface area (Å²) < 4.78 is 39.1. The number of hydrogen-bond acceptors (Lipinski definition) is 4. The molecule has 0 atom stereocenters. The molecule has 0 radical (unpaired) electrons. The van der Waals surface area contributed by atoms with E-state index in [0.29, 0.717) is 5.39 Å². The lowest BCUT2D eigenvalue weighted by Gasteiger charge is -2.12. The second-order valence-corrected chi connectivity index (χ2v) is 4.38. The summed E-state index contributed by atoms with van der Waals surface area (Å²) in [5.41, 5.74) is 5.19. The van der Waals surface area contributed by atoms with Gasteiger partial charge in [-0.25, -0.2) is 9.97 Å². The summed E-state index contributed by atoms with van der Waals surface area (Å²) >= 11 is 0. The minimum absolute atomic E-state index is 0.00378. The van der Waals surface area contributed by atoms with Crippen LogP contribution in [0.15, 0.2) is 42.6 Å². The fourth-order valence-corrected chi connectivity index (χ4v) is 2.03. The zero-order valence-corrected chi connectivity index (χ0v) is 10.6. The van der Waals surface area contributed by atoms with E-state index in [0.717, 1.165) is 6.07 Å². The number of fused-ring (bicyclic) bond motifs is 1. The third-order valence-electron chi connectivity index (χ3n) is 2.97. The molecule has 0 unspecified atom stereocenters. The molecule has 0 fully saturated rings. The molecule has 1 aromatic carbocycles. The van der Waals surface area contributed by atoms with Crippen molar-refractivity contribution in [3.05, 3.63) is 48.2 Å². The summed E-state index contributed by atoms with van der Waals surface area (Å²) in [5.74, 6) is 0.0243. The van der Waals surface area contributed by atoms with Crippen molar-refractivity contribution in [3.63, 3.8) is 0 Å². The Hall–Kier alpha value is -2.70. The quantitative estimate of drug-likeness (QED) is 0.747. The number of pyridine rings is 1. The molecule has 3 aromatic rings. The first-order chi connectivity index (χ1) is 9.95. The Kier molecular flexibility index (Phi) is 2.97. The molecule has 0 aliphatic heterocycles. The number of aromatic nitrogens is 3. The van der Waals surface area contributed by atoms with Crippen molar-refractivity contribution >= 4 is 17.0 Å². The molecule has 0 bridgehead atoms. The first-order valence-electron chi connectivity index (χ1n) is 6.01. The van der Waals surface area contributed by atoms with Crippen molar-refractivity contribution < 1.29 is 13.2 Å². The standard InChI is InChI=1S/C14H9F3N4/c15-14(16,17)10-4-2-1-3-9(10)11-6-5-8-7-19-13(18)21-12(8)20-11/h1-7H,(H2,18,19,20,21). The molecule has 0 spiro atoms. The van der Waals surface area contributed by atoms with Crippen LogP contribution in [0.1, 0.15) is 5.56 Å². The van der Waals surface area contributed by atoms with Crippen LogP contribution in [0.2, 0.25) is 0 Å². The molecular weight excluding hydrogens is 281 g/mol. The van der Waals surface area contributed by atoms with Crippen molar-refractivity contribution in [3.8, 4) is 11.3 Å². The van der Waals surface area contributed by atoms with Gasteiger partial charge in [-0.2, -0.15) is 18.2 Å². The number of anilines is 1. The number of hydrogen-bond donors (Lipinski definition) is 1. The van der Waals surface area contributed by atoms with Crippen molar-refractivity contribution in [1.82, 2.24) is 15.0 Å². The third-order valence-corrected chi connectivity index (χ3v) is 2.97. The molecule has 21 heavy (non-hydrogen) atoms. The number of nitrogens with two attached hydrogens (primary N) is 1. The van der Waals surface area contributed by atoms with Gasteiger partial charge in [0.05, 0.1) is 11.3 Å². The topological polar surface area (TPSA) is 64.7 Å². The molecule has 0 saturated carbocycles. The molecule has 3 rings (SSSR count). The van der Waals surface area contributed by atoms with E-state index in [1.807, 2.05) is 0 Å². The zero-order valence-electron chi connectivity index (χ0n) is 10.6. The van der Waals surface area contributed by atoms with Crippen LogP contribution < -0.4 is 5.73 Å². The normalized spacial score (nSPS) is 11.8. The number of nitrogen functional groups attached to an aromatic ring is 1. The summed E-state index contributed by atoms with van der Waals surface area (Å²) in [6.07, 6.45) is -2.97. The lowest BCUT2D eigenvalue weighted by Crippen LogP contribution is -2.07. The largest absolute Gasteiger partial charge is 0.417 e. The minimum Gasteiger partial charge on any atom is -0.368 e. The number of rotatable bonds is 1. The lowest BCUT2D eigenvalue weighted by molar-refractivity contribution is -0.137. The molecule has 0 saturated heterocycles. The number of nitrogens with zero attached hydrogens (tertiary/aromatic N) is 3. The second kappa shape index (κ2) is 4.69. The SMILES string of the molecule is Nc1ncc2ccc(-c3ccccc3C(F)(F)F)nc2n1. The molecule has 2 heterocycles. The Bertz CT molecular complexity index is 815. The van der Waals surface area contributed by atoms with Gasteiger partial charge in [0.25, 0.3) is 0 Å². The van der Waals surface area contributed by atoms with Crippen LogP contribution >= 0.6 is 0 Å². The van der Waals surface area contributed by atoms with Gasteiger partial charge in [-0.1, -0.05) is 18.2 Å². The average molecular weight is 290 g/mol. The fourth-order valence-electron chi connectivity index (χ4n) is 2.03. The van der Waals surface area contributed by atoms with E-state index in [9.17, 15) is 13.2 Å². The summed E-state index contributed by atoms with van der Waals surface area (Å²) in [6.45, 7) is 0. The first-order valence-corrected chi connectivity index (χ1v) is 6.01. The monoisotopic (exact) mass is 290 g/mol. The van der Waals surface area contributed by atoms with Gasteiger partial charge in [0.2, 0.25) is 5.95 Å². The highest BCUT2D eigenvalue weighted by Crippen LogP contribution is 2.36. The highest BCUT2D eigenvalue weighted by atomic mass is 19.4. The van der Waals surface area contributed by atoms with Gasteiger partial charge in [-0.05, 0) is 18.2 Å². The van der Waals surface area contributed by atoms with Gasteiger partial charge in [-0.3, -0.25) is 0 Å². The molecule has 2 aromatic heterocycles. The van der Waals surface area contributed by atoms with Gasteiger partial charge in [0.1, 0.15) is 0 Å². The van der Waals surface area contributed by atoms with Crippen LogP contribution in [0.4, 0.5) is 19.1 Å². The Morgan fingerprint density at radius 3 is 2.48 bits per heavy atom. The maximum absolute atomic E-state index is 13.0. The highest BCUT2D eigenvalue weighted by molar-refractivity contribution is 5.79. The molecule has 106 valence electrons. The molecule has 4 nitrogen and oxygen atoms in total. The number of alkyl halides is 3. The van der Waals surface area contributed by atoms with E-state index in [2.05, 4.69) is 15.0 Å². The van der Waals surface area contributed by atoms with Crippen LogP contribution in [-0.2, 0) is 6.18 Å². The van der Waals surface area contributed by atoms with Crippen LogP contribution in [0.25, 0.3) is 22.3 Å². The Balaban J connectivity index is 2.21. The van der Waals surface area contributed by atoms with E-state index in [1.54, 1.807) is 6.07 Å². The summed E-state index contributed by atoms with van der Waals surface area (Å²) in [5, 5.41) is 0.609. The average Bonchev–Trinajstić information content (AvgIpc) is 2.45. The summed E-state index contributed by atoms with van der Waals surface area (Å²) in [4.78, 5) is 11.9. The molecule has 0 aliphatic rings. The number of benzene rings is 1. The van der Waals surface area contributed by atoms with Crippen LogP contribution in [-0.4, -0.2) is 15.0 Å². The van der Waals surface area contributed by atoms with Gasteiger partial charge < -0.3 is 5.73 Å². The van der Waals surface area contributed by atoms with E-state index in [4.69, 9.17) is 5.73 Å². The first kappa shape index (κ1) is 13.3. The fraction of sp³-hybridized carbons (Fsp3) is 0.0714. The molecular formula is C14H9F3N4. The Labute approximate surface area is 117 Å². The third kappa shape index (κ3) is 2.49. The molecule has 0 amide bonds. The van der Waals surface area contributed by atoms with Crippen molar-refractivity contribution in [1.29, 1.82) is 0 Å². The molecule has 7 heteroatoms. The van der Waals surface area contributed by atoms with Gasteiger partial charge in [0.15, 0.2) is 5.65 Å². The van der Waals surface area contributed by atoms with Crippen LogP contribution in [0.3, 0.4) is 0 Å². The van der Waals surface area contributed by atoms with E-state index < -0.39 is 11.7 Å². The van der Waals surface area contributed by atoms with Crippen molar-refractivity contribution in [2.45, 2.75) is 6.18 Å². The van der Waals surface area contributed by atoms with Gasteiger partial charge in [-0.15, -0.1) is 0 Å². The van der Waals surface area contributed by atoms with Crippen molar-refractivity contribution in [2.24, 2.45) is 0 Å². The number of halogens is 3. The highest BCUT2D eigenvalue weighted by Gasteiger charge is 2.33. The maximum atomic E-state index is 13.0. The summed E-state index contributed by atoms with van der Waals surface area (Å²) in [7, 11) is 0.